The summed E-state index contributed by atoms with van der Waals surface area (Å²) in [5, 5.41) is 1.65. The minimum atomic E-state index is -4.42. The van der Waals surface area contributed by atoms with Crippen LogP contribution in [0, 0.1) is 0 Å². The number of ether oxygens (including phenoxy) is 1. The first-order valence-corrected chi connectivity index (χ1v) is 9.89. The van der Waals surface area contributed by atoms with Gasteiger partial charge in [-0.3, -0.25) is 4.79 Å². The minimum absolute atomic E-state index is 0.0612. The van der Waals surface area contributed by atoms with Gasteiger partial charge >= 0.3 is 6.18 Å². The second-order valence-electron chi connectivity index (χ2n) is 7.04. The second-order valence-corrected chi connectivity index (χ2v) is 8.11. The molecule has 0 bridgehead atoms. The molecule has 4 nitrogen and oxygen atoms in total. The molecule has 1 atom stereocenters. The highest BCUT2D eigenvalue weighted by molar-refractivity contribution is 8.00. The summed E-state index contributed by atoms with van der Waals surface area (Å²) in [5.74, 6) is 0.999. The van der Waals surface area contributed by atoms with Crippen molar-refractivity contribution in [3.63, 3.8) is 0 Å². The molecule has 1 aliphatic heterocycles. The fraction of sp³-hybridized carbons (Fsp3) is 0.350. The molecule has 8 heteroatoms. The van der Waals surface area contributed by atoms with Crippen LogP contribution in [0.1, 0.15) is 23.4 Å². The Bertz CT molecular complexity index is 871. The van der Waals surface area contributed by atoms with Crippen LogP contribution in [-0.4, -0.2) is 41.9 Å². The van der Waals surface area contributed by atoms with Crippen LogP contribution in [-0.2, 0) is 11.0 Å². The second kappa shape index (κ2) is 7.67. The van der Waals surface area contributed by atoms with Crippen LogP contribution in [0.4, 0.5) is 13.2 Å². The van der Waals surface area contributed by atoms with E-state index in [4.69, 9.17) is 4.74 Å². The predicted molar refractivity (Wildman–Crippen MR) is 103 cm³/mol. The SMILES string of the molecule is CC[N+](C)(C)N1C(=O)CSC1c1cccc(Oc2cccc(C(F)(F)F)c2)c1. The van der Waals surface area contributed by atoms with Gasteiger partial charge in [-0.05, 0) is 42.8 Å². The van der Waals surface area contributed by atoms with Crippen molar-refractivity contribution in [1.82, 2.24) is 5.01 Å². The third-order valence-corrected chi connectivity index (χ3v) is 5.94. The molecule has 2 aromatic carbocycles. The van der Waals surface area contributed by atoms with Gasteiger partial charge < -0.3 is 4.74 Å². The fourth-order valence-corrected chi connectivity index (χ4v) is 4.28. The Kier molecular flexibility index (Phi) is 5.63. The van der Waals surface area contributed by atoms with Crippen molar-refractivity contribution in [3.8, 4) is 11.5 Å². The average molecular weight is 411 g/mol. The predicted octanol–water partition coefficient (Wildman–Crippen LogP) is 5.08. The van der Waals surface area contributed by atoms with Crippen LogP contribution in [0.2, 0.25) is 0 Å². The Morgan fingerprint density at radius 3 is 2.43 bits per heavy atom. The number of carbonyl (C=O) groups is 1. The molecule has 1 fully saturated rings. The molecule has 1 aliphatic rings. The van der Waals surface area contributed by atoms with Gasteiger partial charge in [0, 0.05) is 0 Å². The van der Waals surface area contributed by atoms with E-state index >= 15 is 0 Å². The minimum Gasteiger partial charge on any atom is -0.457 e. The molecule has 1 saturated heterocycles. The molecule has 1 unspecified atom stereocenters. The lowest BCUT2D eigenvalue weighted by Gasteiger charge is -2.39. The summed E-state index contributed by atoms with van der Waals surface area (Å²) in [6.07, 6.45) is -4.42. The van der Waals surface area contributed by atoms with Crippen molar-refractivity contribution in [3.05, 3.63) is 59.7 Å². The third-order valence-electron chi connectivity index (χ3n) is 4.74. The number of quaternary nitrogens is 1. The van der Waals surface area contributed by atoms with Gasteiger partial charge in [0.25, 0.3) is 5.91 Å². The van der Waals surface area contributed by atoms with Crippen molar-refractivity contribution >= 4 is 17.7 Å². The van der Waals surface area contributed by atoms with Gasteiger partial charge in [0.1, 0.15) is 11.5 Å². The van der Waals surface area contributed by atoms with Crippen LogP contribution in [0.5, 0.6) is 11.5 Å². The standard InChI is InChI=1S/C20H22F3N2O2S/c1-4-25(2,3)24-18(26)13-28-19(24)14-7-5-9-16(11-14)27-17-10-6-8-15(12-17)20(21,22)23/h5-12,19H,4,13H2,1-3H3/q+1. The molecule has 0 aliphatic carbocycles. The first kappa shape index (κ1) is 20.5. The van der Waals surface area contributed by atoms with E-state index in [2.05, 4.69) is 0 Å². The molecule has 0 aromatic heterocycles. The van der Waals surface area contributed by atoms with E-state index < -0.39 is 11.7 Å². The fourth-order valence-electron chi connectivity index (χ4n) is 3.00. The number of halogens is 3. The van der Waals surface area contributed by atoms with Crippen molar-refractivity contribution < 1.29 is 27.3 Å². The maximum Gasteiger partial charge on any atom is 0.416 e. The highest BCUT2D eigenvalue weighted by atomic mass is 32.2. The topological polar surface area (TPSA) is 29.5 Å². The van der Waals surface area contributed by atoms with Crippen LogP contribution in [0.3, 0.4) is 0 Å². The summed E-state index contributed by atoms with van der Waals surface area (Å²) in [7, 11) is 3.94. The molecular weight excluding hydrogens is 389 g/mol. The maximum atomic E-state index is 12.9. The summed E-state index contributed by atoms with van der Waals surface area (Å²) in [4.78, 5) is 12.4. The van der Waals surface area contributed by atoms with Gasteiger partial charge in [-0.25, -0.2) is 4.59 Å². The highest BCUT2D eigenvalue weighted by Gasteiger charge is 2.43. The Balaban J connectivity index is 1.86. The molecular formula is C20H22F3N2O2S+. The lowest BCUT2D eigenvalue weighted by atomic mass is 10.2. The summed E-state index contributed by atoms with van der Waals surface area (Å²) in [5.41, 5.74) is 0.117. The first-order valence-electron chi connectivity index (χ1n) is 8.84. The number of hydrogen-bond donors (Lipinski definition) is 0. The van der Waals surface area contributed by atoms with Crippen molar-refractivity contribution in [1.29, 1.82) is 0 Å². The van der Waals surface area contributed by atoms with E-state index in [9.17, 15) is 18.0 Å². The Hall–Kier alpha value is -2.19. The Morgan fingerprint density at radius 1 is 1.14 bits per heavy atom. The largest absolute Gasteiger partial charge is 0.457 e. The number of hydrogen-bond acceptors (Lipinski definition) is 3. The van der Waals surface area contributed by atoms with E-state index in [1.165, 1.54) is 23.9 Å². The van der Waals surface area contributed by atoms with E-state index in [1.54, 1.807) is 18.2 Å². The molecule has 28 heavy (non-hydrogen) atoms. The number of nitrogens with zero attached hydrogens (tertiary/aromatic N) is 2. The zero-order valence-electron chi connectivity index (χ0n) is 15.9. The number of benzene rings is 2. The normalized spacial score (nSPS) is 17.9. The number of amides is 1. The quantitative estimate of drug-likeness (QED) is 0.643. The number of rotatable bonds is 5. The van der Waals surface area contributed by atoms with E-state index in [0.717, 1.165) is 24.2 Å². The van der Waals surface area contributed by atoms with Gasteiger partial charge in [0.15, 0.2) is 5.37 Å². The summed E-state index contributed by atoms with van der Waals surface area (Å²) in [6, 6.07) is 11.9. The molecule has 2 aromatic rings. The summed E-state index contributed by atoms with van der Waals surface area (Å²) in [6.45, 7) is 2.77. The van der Waals surface area contributed by atoms with Gasteiger partial charge in [0.05, 0.1) is 32.0 Å². The van der Waals surface area contributed by atoms with Crippen LogP contribution >= 0.6 is 11.8 Å². The lowest BCUT2D eigenvalue weighted by Crippen LogP contribution is -2.55. The molecule has 1 amide bonds. The average Bonchev–Trinajstić information content (AvgIpc) is 3.04. The van der Waals surface area contributed by atoms with Gasteiger partial charge in [-0.15, -0.1) is 11.8 Å². The van der Waals surface area contributed by atoms with Crippen LogP contribution < -0.4 is 4.74 Å². The zero-order valence-corrected chi connectivity index (χ0v) is 16.7. The smallest absolute Gasteiger partial charge is 0.416 e. The molecule has 0 saturated carbocycles. The number of carbonyl (C=O) groups excluding carboxylic acids is 1. The summed E-state index contributed by atoms with van der Waals surface area (Å²) < 4.78 is 44.8. The third kappa shape index (κ3) is 4.28. The molecule has 0 radical (unpaired) electrons. The molecule has 150 valence electrons. The van der Waals surface area contributed by atoms with Crippen molar-refractivity contribution in [2.75, 3.05) is 26.4 Å². The Labute approximate surface area is 166 Å². The van der Waals surface area contributed by atoms with E-state index in [1.807, 2.05) is 32.1 Å². The lowest BCUT2D eigenvalue weighted by molar-refractivity contribution is -0.991. The molecule has 0 N–H and O–H groups in total. The molecule has 0 spiro atoms. The van der Waals surface area contributed by atoms with E-state index in [0.29, 0.717) is 16.1 Å². The zero-order chi connectivity index (χ0) is 20.5. The van der Waals surface area contributed by atoms with Crippen molar-refractivity contribution in [2.24, 2.45) is 0 Å². The maximum absolute atomic E-state index is 12.9. The van der Waals surface area contributed by atoms with Crippen LogP contribution in [0.25, 0.3) is 0 Å². The van der Waals surface area contributed by atoms with Gasteiger partial charge in [0.2, 0.25) is 0 Å². The highest BCUT2D eigenvalue weighted by Crippen LogP contribution is 2.42. The van der Waals surface area contributed by atoms with Crippen molar-refractivity contribution in [2.45, 2.75) is 18.5 Å². The monoisotopic (exact) mass is 411 g/mol. The Morgan fingerprint density at radius 2 is 1.79 bits per heavy atom. The number of alkyl halides is 3. The molecule has 1 heterocycles. The summed E-state index contributed by atoms with van der Waals surface area (Å²) >= 11 is 1.53. The van der Waals surface area contributed by atoms with Gasteiger partial charge in [-0.1, -0.05) is 18.2 Å². The van der Waals surface area contributed by atoms with E-state index in [-0.39, 0.29) is 17.0 Å². The molecule has 3 rings (SSSR count). The number of thioether (sulfide) groups is 1. The van der Waals surface area contributed by atoms with Crippen LogP contribution in [0.15, 0.2) is 48.5 Å². The van der Waals surface area contributed by atoms with Gasteiger partial charge in [-0.2, -0.15) is 18.2 Å². The first-order chi connectivity index (χ1) is 13.1.